The molecule has 1 amide bonds. The molecule has 1 N–H and O–H groups in total. The van der Waals surface area contributed by atoms with Crippen LogP contribution in [-0.4, -0.2) is 41.3 Å². The van der Waals surface area contributed by atoms with Gasteiger partial charge in [-0.1, -0.05) is 30.3 Å². The second-order valence-corrected chi connectivity index (χ2v) is 6.43. The van der Waals surface area contributed by atoms with Gasteiger partial charge in [0.2, 0.25) is 0 Å². The van der Waals surface area contributed by atoms with Gasteiger partial charge in [0.1, 0.15) is 13.2 Å². The van der Waals surface area contributed by atoms with Gasteiger partial charge in [-0.05, 0) is 29.8 Å². The van der Waals surface area contributed by atoms with E-state index in [1.165, 1.54) is 0 Å². The number of ether oxygens (including phenoxy) is 2. The van der Waals surface area contributed by atoms with Crippen LogP contribution < -0.4 is 14.8 Å². The maximum Gasteiger partial charge on any atom is 0.274 e. The van der Waals surface area contributed by atoms with Crippen LogP contribution in [0, 0.1) is 0 Å². The van der Waals surface area contributed by atoms with Gasteiger partial charge in [0.25, 0.3) is 5.91 Å². The van der Waals surface area contributed by atoms with E-state index in [1.54, 1.807) is 24.1 Å². The molecular weight excluding hydrogens is 356 g/mol. The van der Waals surface area contributed by atoms with Gasteiger partial charge in [-0.25, -0.2) is 0 Å². The molecule has 7 heteroatoms. The average molecular weight is 376 g/mol. The summed E-state index contributed by atoms with van der Waals surface area (Å²) in [5.41, 5.74) is 2.16. The predicted molar refractivity (Wildman–Crippen MR) is 105 cm³/mol. The lowest BCUT2D eigenvalue weighted by molar-refractivity contribution is 0.0778. The summed E-state index contributed by atoms with van der Waals surface area (Å²) in [6.07, 6.45) is 0. The normalized spacial score (nSPS) is 12.3. The lowest BCUT2D eigenvalue weighted by atomic mass is 10.2. The van der Waals surface area contributed by atoms with Crippen molar-refractivity contribution >= 4 is 17.4 Å². The highest BCUT2D eigenvalue weighted by molar-refractivity contribution is 5.92. The Hall–Kier alpha value is -3.61. The van der Waals surface area contributed by atoms with Crippen molar-refractivity contribution in [3.05, 3.63) is 71.9 Å². The summed E-state index contributed by atoms with van der Waals surface area (Å²) in [6.45, 7) is 1.60. The highest BCUT2D eigenvalue weighted by Gasteiger charge is 2.15. The Labute approximate surface area is 162 Å². The number of carbonyl (C=O) groups is 1. The number of carbonyl (C=O) groups excluding carboxylic acids is 1. The van der Waals surface area contributed by atoms with Crippen LogP contribution in [0.2, 0.25) is 0 Å². The molecule has 0 saturated heterocycles. The fourth-order valence-electron chi connectivity index (χ4n) is 2.91. The molecule has 0 saturated carbocycles. The molecule has 2 aromatic carbocycles. The van der Waals surface area contributed by atoms with E-state index in [1.807, 2.05) is 48.5 Å². The van der Waals surface area contributed by atoms with E-state index < -0.39 is 0 Å². The Morgan fingerprint density at radius 1 is 1.00 bits per heavy atom. The minimum atomic E-state index is -0.178. The first-order valence-corrected chi connectivity index (χ1v) is 8.99. The molecule has 0 atom stereocenters. The summed E-state index contributed by atoms with van der Waals surface area (Å²) in [4.78, 5) is 14.2. The topological polar surface area (TPSA) is 76.6 Å². The molecule has 7 nitrogen and oxygen atoms in total. The number of nitrogens with one attached hydrogen (secondary N) is 1. The highest BCUT2D eigenvalue weighted by atomic mass is 16.6. The average Bonchev–Trinajstić information content (AvgIpc) is 2.74. The Kier molecular flexibility index (Phi) is 5.05. The third-order valence-corrected chi connectivity index (χ3v) is 4.31. The van der Waals surface area contributed by atoms with E-state index in [0.29, 0.717) is 37.0 Å². The second-order valence-electron chi connectivity index (χ2n) is 6.43. The predicted octanol–water partition coefficient (Wildman–Crippen LogP) is 3.26. The summed E-state index contributed by atoms with van der Waals surface area (Å²) in [6, 6.07) is 18.8. The summed E-state index contributed by atoms with van der Waals surface area (Å²) in [5, 5.41) is 11.3. The van der Waals surface area contributed by atoms with E-state index in [-0.39, 0.29) is 5.91 Å². The van der Waals surface area contributed by atoms with Crippen molar-refractivity contribution in [2.45, 2.75) is 6.54 Å². The summed E-state index contributed by atoms with van der Waals surface area (Å²) in [5.74, 6) is 1.78. The number of amides is 1. The second kappa shape index (κ2) is 7.96. The largest absolute Gasteiger partial charge is 0.486 e. The van der Waals surface area contributed by atoms with Crippen LogP contribution in [0.3, 0.4) is 0 Å². The van der Waals surface area contributed by atoms with Crippen LogP contribution in [0.25, 0.3) is 0 Å². The Morgan fingerprint density at radius 2 is 1.79 bits per heavy atom. The molecule has 142 valence electrons. The van der Waals surface area contributed by atoms with E-state index in [2.05, 4.69) is 15.5 Å². The number of fused-ring (bicyclic) bond motifs is 1. The summed E-state index contributed by atoms with van der Waals surface area (Å²) >= 11 is 0. The van der Waals surface area contributed by atoms with Gasteiger partial charge >= 0.3 is 0 Å². The first-order chi connectivity index (χ1) is 13.7. The zero-order valence-corrected chi connectivity index (χ0v) is 15.5. The molecule has 4 rings (SSSR count). The molecular formula is C21H20N4O3. The molecule has 0 unspecified atom stereocenters. The Morgan fingerprint density at radius 3 is 2.54 bits per heavy atom. The minimum absolute atomic E-state index is 0.178. The van der Waals surface area contributed by atoms with Gasteiger partial charge in [0.15, 0.2) is 23.0 Å². The van der Waals surface area contributed by atoms with E-state index in [9.17, 15) is 4.79 Å². The first-order valence-electron chi connectivity index (χ1n) is 8.99. The molecule has 0 aliphatic carbocycles. The Bertz CT molecular complexity index is 961. The molecule has 0 fully saturated rings. The number of nitrogens with zero attached hydrogens (tertiary/aromatic N) is 3. The number of hydrogen-bond donors (Lipinski definition) is 1. The van der Waals surface area contributed by atoms with Crippen molar-refractivity contribution in [2.24, 2.45) is 0 Å². The molecule has 3 aromatic rings. The van der Waals surface area contributed by atoms with Gasteiger partial charge < -0.3 is 19.7 Å². The van der Waals surface area contributed by atoms with Gasteiger partial charge in [0, 0.05) is 25.3 Å². The van der Waals surface area contributed by atoms with Gasteiger partial charge in [0.05, 0.1) is 0 Å². The van der Waals surface area contributed by atoms with E-state index in [0.717, 1.165) is 17.0 Å². The van der Waals surface area contributed by atoms with Crippen molar-refractivity contribution in [3.8, 4) is 11.5 Å². The maximum atomic E-state index is 12.6. The van der Waals surface area contributed by atoms with E-state index in [4.69, 9.17) is 9.47 Å². The van der Waals surface area contributed by atoms with Crippen LogP contribution in [-0.2, 0) is 6.54 Å². The van der Waals surface area contributed by atoms with Crippen LogP contribution >= 0.6 is 0 Å². The zero-order chi connectivity index (χ0) is 19.3. The molecule has 0 spiro atoms. The molecule has 1 aliphatic rings. The molecule has 1 aliphatic heterocycles. The van der Waals surface area contributed by atoms with Gasteiger partial charge in [-0.3, -0.25) is 4.79 Å². The monoisotopic (exact) mass is 376 g/mol. The molecule has 0 bridgehead atoms. The molecule has 28 heavy (non-hydrogen) atoms. The van der Waals surface area contributed by atoms with Crippen molar-refractivity contribution in [1.29, 1.82) is 0 Å². The highest BCUT2D eigenvalue weighted by Crippen LogP contribution is 2.33. The van der Waals surface area contributed by atoms with Gasteiger partial charge in [-0.15, -0.1) is 10.2 Å². The maximum absolute atomic E-state index is 12.6. The summed E-state index contributed by atoms with van der Waals surface area (Å²) < 4.78 is 11.1. The smallest absolute Gasteiger partial charge is 0.274 e. The first kappa shape index (κ1) is 17.8. The molecule has 1 aromatic heterocycles. The SMILES string of the molecule is CN(Cc1ccccc1)C(=O)c1ccc(Nc2ccc3c(c2)OCCO3)nn1. The van der Waals surface area contributed by atoms with Crippen LogP contribution in [0.4, 0.5) is 11.5 Å². The third kappa shape index (κ3) is 4.03. The number of aromatic nitrogens is 2. The number of anilines is 2. The standard InChI is InChI=1S/C21H20N4O3/c1-25(14-15-5-3-2-4-6-15)21(26)17-8-10-20(24-23-17)22-16-7-9-18-19(13-16)28-12-11-27-18/h2-10,13H,11-12,14H2,1H3,(H,22,24). The molecule has 2 heterocycles. The van der Waals surface area contributed by atoms with Crippen molar-refractivity contribution < 1.29 is 14.3 Å². The van der Waals surface area contributed by atoms with Gasteiger partial charge in [-0.2, -0.15) is 0 Å². The summed E-state index contributed by atoms with van der Waals surface area (Å²) in [7, 11) is 1.75. The van der Waals surface area contributed by atoms with E-state index >= 15 is 0 Å². The van der Waals surface area contributed by atoms with Crippen molar-refractivity contribution in [3.63, 3.8) is 0 Å². The fraction of sp³-hybridized carbons (Fsp3) is 0.190. The van der Waals surface area contributed by atoms with Crippen molar-refractivity contribution in [1.82, 2.24) is 15.1 Å². The van der Waals surface area contributed by atoms with Crippen LogP contribution in [0.15, 0.2) is 60.7 Å². The van der Waals surface area contributed by atoms with Crippen LogP contribution in [0.5, 0.6) is 11.5 Å². The Balaban J connectivity index is 1.41. The van der Waals surface area contributed by atoms with Crippen molar-refractivity contribution in [2.75, 3.05) is 25.6 Å². The number of benzene rings is 2. The number of hydrogen-bond acceptors (Lipinski definition) is 6. The lowest BCUT2D eigenvalue weighted by Crippen LogP contribution is -2.27. The lowest BCUT2D eigenvalue weighted by Gasteiger charge is -2.19. The quantitative estimate of drug-likeness (QED) is 0.737. The zero-order valence-electron chi connectivity index (χ0n) is 15.5. The minimum Gasteiger partial charge on any atom is -0.486 e. The third-order valence-electron chi connectivity index (χ3n) is 4.31. The molecule has 0 radical (unpaired) electrons. The fourth-order valence-corrected chi connectivity index (χ4v) is 2.91. The van der Waals surface area contributed by atoms with Crippen LogP contribution in [0.1, 0.15) is 16.1 Å². The number of rotatable bonds is 5.